The average Bonchev–Trinajstić information content (AvgIpc) is 3.05. The van der Waals surface area contributed by atoms with Crippen molar-refractivity contribution in [2.75, 3.05) is 0 Å². The topological polar surface area (TPSA) is 245 Å². The summed E-state index contributed by atoms with van der Waals surface area (Å²) in [6.45, 7) is 0. The van der Waals surface area contributed by atoms with E-state index < -0.39 is 29.5 Å². The minimum atomic E-state index is -4.31. The standard InChI is InChI=1S/C32H30N8O4S2/c33-29-23-5-1-3-7-25(23)31(45(37,41)42,17-27(29)39-35)21-13-9-19(10-14-21)20-11-15-22(16-12-20)32(46(38,43)44)18-28(40-36)30(34)24-6-2-4-8-26(24)32/h1-16,33-34H,17-18,35-36H2,(H2,37,41,42)(H2,38,43,44). The first-order valence-electron chi connectivity index (χ1n) is 14.0. The van der Waals surface area contributed by atoms with Crippen LogP contribution in [0, 0.1) is 10.8 Å². The van der Waals surface area contributed by atoms with E-state index in [0.29, 0.717) is 44.5 Å². The third-order valence-corrected chi connectivity index (χ3v) is 12.1. The highest BCUT2D eigenvalue weighted by atomic mass is 32.2. The Bertz CT molecular complexity index is 2060. The minimum absolute atomic E-state index is 0.0358. The minimum Gasteiger partial charge on any atom is -0.323 e. The van der Waals surface area contributed by atoms with Crippen molar-refractivity contribution < 1.29 is 16.8 Å². The molecule has 0 bridgehead atoms. The number of hydrogen-bond acceptors (Lipinski definition) is 10. The number of hydrogen-bond donors (Lipinski definition) is 6. The highest BCUT2D eigenvalue weighted by Gasteiger charge is 2.52. The van der Waals surface area contributed by atoms with Gasteiger partial charge in [-0.3, -0.25) is 10.8 Å². The Balaban J connectivity index is 1.45. The van der Waals surface area contributed by atoms with Crippen molar-refractivity contribution in [3.05, 3.63) is 130 Å². The van der Waals surface area contributed by atoms with Gasteiger partial charge in [-0.1, -0.05) is 97.1 Å². The van der Waals surface area contributed by atoms with Crippen LogP contribution in [0.25, 0.3) is 11.1 Å². The van der Waals surface area contributed by atoms with Gasteiger partial charge in [-0.05, 0) is 33.4 Å². The van der Waals surface area contributed by atoms with E-state index in [-0.39, 0.29) is 35.7 Å². The van der Waals surface area contributed by atoms with Crippen LogP contribution in [0.1, 0.15) is 46.2 Å². The number of nitrogens with two attached hydrogens (primary N) is 4. The van der Waals surface area contributed by atoms with E-state index in [2.05, 4.69) is 10.2 Å². The predicted octanol–water partition coefficient (Wildman–Crippen LogP) is 2.59. The van der Waals surface area contributed by atoms with Gasteiger partial charge in [0.25, 0.3) is 0 Å². The SMILES string of the molecule is N=C1C(=NN)CC(c2ccc(-c3ccc(C4(S(N)(=O)=O)CC(=NN)C(=N)c5ccccc54)cc3)cc2)(S(N)(=O)=O)c2ccccc21. The van der Waals surface area contributed by atoms with Crippen LogP contribution in [0.5, 0.6) is 0 Å². The van der Waals surface area contributed by atoms with Crippen molar-refractivity contribution in [2.45, 2.75) is 22.3 Å². The molecule has 0 aliphatic heterocycles. The highest BCUT2D eigenvalue weighted by molar-refractivity contribution is 7.90. The average molecular weight is 655 g/mol. The number of fused-ring (bicyclic) bond motifs is 2. The number of nitrogens with zero attached hydrogens (tertiary/aromatic N) is 2. The smallest absolute Gasteiger partial charge is 0.223 e. The molecule has 0 saturated carbocycles. The van der Waals surface area contributed by atoms with Crippen LogP contribution >= 0.6 is 0 Å². The van der Waals surface area contributed by atoms with E-state index >= 15 is 0 Å². The monoisotopic (exact) mass is 654 g/mol. The van der Waals surface area contributed by atoms with E-state index in [1.807, 2.05) is 0 Å². The fourth-order valence-electron chi connectivity index (χ4n) is 6.69. The van der Waals surface area contributed by atoms with Crippen LogP contribution in [-0.2, 0) is 29.5 Å². The lowest BCUT2D eigenvalue weighted by Gasteiger charge is -2.38. The second kappa shape index (κ2) is 10.8. The molecule has 12 nitrogen and oxygen atoms in total. The van der Waals surface area contributed by atoms with Gasteiger partial charge in [0.2, 0.25) is 20.0 Å². The number of hydrazone groups is 2. The fourth-order valence-corrected chi connectivity index (χ4v) is 9.27. The highest BCUT2D eigenvalue weighted by Crippen LogP contribution is 2.47. The number of benzene rings is 4. The molecule has 0 amide bonds. The summed E-state index contributed by atoms with van der Waals surface area (Å²) in [6.07, 6.45) is -0.427. The van der Waals surface area contributed by atoms with Gasteiger partial charge in [-0.15, -0.1) is 0 Å². The second-order valence-electron chi connectivity index (χ2n) is 11.2. The molecule has 46 heavy (non-hydrogen) atoms. The molecule has 0 saturated heterocycles. The van der Waals surface area contributed by atoms with Crippen LogP contribution < -0.4 is 22.0 Å². The molecule has 0 spiro atoms. The molecule has 0 radical (unpaired) electrons. The summed E-state index contributed by atoms with van der Waals surface area (Å²) in [6, 6.07) is 26.9. The van der Waals surface area contributed by atoms with Gasteiger partial charge < -0.3 is 11.7 Å². The van der Waals surface area contributed by atoms with E-state index in [4.69, 9.17) is 32.8 Å². The Morgan fingerprint density at radius 3 is 1.17 bits per heavy atom. The van der Waals surface area contributed by atoms with Crippen molar-refractivity contribution in [1.29, 1.82) is 10.8 Å². The summed E-state index contributed by atoms with van der Waals surface area (Å²) in [5.41, 5.74) is 3.94. The lowest BCUT2D eigenvalue weighted by molar-refractivity contribution is 0.556. The predicted molar refractivity (Wildman–Crippen MR) is 179 cm³/mol. The van der Waals surface area contributed by atoms with Crippen molar-refractivity contribution in [3.63, 3.8) is 0 Å². The first kappa shape index (κ1) is 31.0. The van der Waals surface area contributed by atoms with Crippen LogP contribution in [0.3, 0.4) is 0 Å². The van der Waals surface area contributed by atoms with Crippen LogP contribution in [0.4, 0.5) is 0 Å². The summed E-state index contributed by atoms with van der Waals surface area (Å²) >= 11 is 0. The summed E-state index contributed by atoms with van der Waals surface area (Å²) in [5.74, 6) is 11.2. The van der Waals surface area contributed by atoms with Crippen LogP contribution in [0.15, 0.2) is 107 Å². The molecular weight excluding hydrogens is 625 g/mol. The Morgan fingerprint density at radius 1 is 0.543 bits per heavy atom. The van der Waals surface area contributed by atoms with Crippen LogP contribution in [-0.4, -0.2) is 39.7 Å². The fraction of sp³-hybridized carbons (Fsp3) is 0.125. The van der Waals surface area contributed by atoms with E-state index in [1.54, 1.807) is 97.1 Å². The Kier molecular flexibility index (Phi) is 7.28. The molecule has 2 unspecified atom stereocenters. The van der Waals surface area contributed by atoms with Crippen molar-refractivity contribution in [1.82, 2.24) is 0 Å². The molecule has 0 heterocycles. The molecular formula is C32H30N8O4S2. The van der Waals surface area contributed by atoms with Crippen molar-refractivity contribution in [3.8, 4) is 11.1 Å². The third-order valence-electron chi connectivity index (χ3n) is 8.99. The maximum Gasteiger partial charge on any atom is 0.223 e. The summed E-state index contributed by atoms with van der Waals surface area (Å²) in [4.78, 5) is 0. The molecule has 4 aromatic carbocycles. The number of primary sulfonamides is 2. The van der Waals surface area contributed by atoms with E-state index in [1.165, 1.54) is 0 Å². The Labute approximate surface area is 265 Å². The lowest BCUT2D eigenvalue weighted by Crippen LogP contribution is -2.48. The van der Waals surface area contributed by atoms with Gasteiger partial charge in [0.05, 0.1) is 22.8 Å². The molecule has 234 valence electrons. The number of nitrogens with one attached hydrogen (secondary N) is 2. The van der Waals surface area contributed by atoms with Crippen LogP contribution in [0.2, 0.25) is 0 Å². The summed E-state index contributed by atoms with van der Waals surface area (Å²) < 4.78 is 50.0. The molecule has 2 aliphatic rings. The maximum atomic E-state index is 13.4. The normalized spacial score (nSPS) is 23.3. The largest absolute Gasteiger partial charge is 0.323 e. The lowest BCUT2D eigenvalue weighted by atomic mass is 9.75. The molecule has 0 fully saturated rings. The molecule has 10 N–H and O–H groups in total. The number of rotatable bonds is 5. The zero-order valence-electron chi connectivity index (χ0n) is 24.3. The maximum absolute atomic E-state index is 13.4. The molecule has 2 atom stereocenters. The van der Waals surface area contributed by atoms with Crippen molar-refractivity contribution in [2.24, 2.45) is 32.2 Å². The molecule has 6 rings (SSSR count). The van der Waals surface area contributed by atoms with E-state index in [9.17, 15) is 16.8 Å². The summed E-state index contributed by atoms with van der Waals surface area (Å²) in [5, 5.41) is 36.3. The first-order valence-corrected chi connectivity index (χ1v) is 17.1. The second-order valence-corrected chi connectivity index (χ2v) is 14.8. The molecule has 4 aromatic rings. The van der Waals surface area contributed by atoms with Crippen molar-refractivity contribution >= 4 is 42.9 Å². The van der Waals surface area contributed by atoms with Gasteiger partial charge in [-0.25, -0.2) is 27.1 Å². The zero-order valence-corrected chi connectivity index (χ0v) is 25.9. The quantitative estimate of drug-likeness (QED) is 0.139. The number of sulfonamides is 2. The molecule has 2 aliphatic carbocycles. The van der Waals surface area contributed by atoms with E-state index in [0.717, 1.165) is 0 Å². The zero-order chi connectivity index (χ0) is 33.1. The Morgan fingerprint density at radius 2 is 0.870 bits per heavy atom. The Hall–Kier alpha value is -5.02. The summed E-state index contributed by atoms with van der Waals surface area (Å²) in [7, 11) is -8.61. The van der Waals surface area contributed by atoms with Gasteiger partial charge >= 0.3 is 0 Å². The first-order chi connectivity index (χ1) is 21.8. The van der Waals surface area contributed by atoms with Gasteiger partial charge in [-0.2, -0.15) is 10.2 Å². The van der Waals surface area contributed by atoms with Gasteiger partial charge in [0.1, 0.15) is 9.49 Å². The molecule has 0 aromatic heterocycles. The molecule has 14 heteroatoms. The van der Waals surface area contributed by atoms with Gasteiger partial charge in [0.15, 0.2) is 0 Å². The van der Waals surface area contributed by atoms with Gasteiger partial charge in [0, 0.05) is 24.0 Å². The third kappa shape index (κ3) is 4.41.